The van der Waals surface area contributed by atoms with Crippen molar-refractivity contribution in [1.82, 2.24) is 4.57 Å². The summed E-state index contributed by atoms with van der Waals surface area (Å²) in [6.07, 6.45) is 24.4. The molecule has 2 aromatic rings. The Morgan fingerprint density at radius 2 is 1.30 bits per heavy atom. The van der Waals surface area contributed by atoms with E-state index in [1.54, 1.807) is 0 Å². The lowest BCUT2D eigenvalue weighted by Gasteiger charge is -2.04. The molecule has 0 amide bonds. The fourth-order valence-electron chi connectivity index (χ4n) is 4.43. The standard InChI is InChI=1S/C28H47N2/c1-4-5-6-7-8-9-10-11-12-13-14-15-16-17-21-29-22-23-30(27(29)3)25-28-20-18-19-26(2)24-28/h18-20,22-24H,4-17,21,25H2,1-3H3/q+1. The highest BCUT2D eigenvalue weighted by Gasteiger charge is 2.12. The van der Waals surface area contributed by atoms with Gasteiger partial charge >= 0.3 is 0 Å². The lowest BCUT2D eigenvalue weighted by atomic mass is 10.0. The summed E-state index contributed by atoms with van der Waals surface area (Å²) in [7, 11) is 0. The molecule has 0 aliphatic heterocycles. The second-order valence-corrected chi connectivity index (χ2v) is 9.25. The van der Waals surface area contributed by atoms with Crippen LogP contribution >= 0.6 is 0 Å². The lowest BCUT2D eigenvalue weighted by Crippen LogP contribution is -2.36. The summed E-state index contributed by atoms with van der Waals surface area (Å²) in [4.78, 5) is 0. The Labute approximate surface area is 186 Å². The van der Waals surface area contributed by atoms with Crippen LogP contribution in [0.3, 0.4) is 0 Å². The van der Waals surface area contributed by atoms with Crippen LogP contribution in [0.15, 0.2) is 36.7 Å². The highest BCUT2D eigenvalue weighted by atomic mass is 15.1. The molecule has 30 heavy (non-hydrogen) atoms. The highest BCUT2D eigenvalue weighted by Crippen LogP contribution is 2.13. The molecule has 2 heteroatoms. The second kappa shape index (κ2) is 15.3. The topological polar surface area (TPSA) is 8.81 Å². The largest absolute Gasteiger partial charge is 0.253 e. The van der Waals surface area contributed by atoms with E-state index in [0.717, 1.165) is 13.1 Å². The van der Waals surface area contributed by atoms with Gasteiger partial charge in [-0.2, -0.15) is 0 Å². The molecular weight excluding hydrogens is 364 g/mol. The quantitative estimate of drug-likeness (QED) is 0.185. The number of unbranched alkanes of at least 4 members (excludes halogenated alkanes) is 13. The van der Waals surface area contributed by atoms with Gasteiger partial charge in [-0.1, -0.05) is 114 Å². The maximum Gasteiger partial charge on any atom is 0.253 e. The average Bonchev–Trinajstić information content (AvgIpc) is 3.08. The number of aryl methyl sites for hydroxylation is 2. The van der Waals surface area contributed by atoms with Gasteiger partial charge < -0.3 is 0 Å². The van der Waals surface area contributed by atoms with Gasteiger partial charge in [-0.25, -0.2) is 9.13 Å². The van der Waals surface area contributed by atoms with Crippen LogP contribution in [0, 0.1) is 13.8 Å². The van der Waals surface area contributed by atoms with Crippen molar-refractivity contribution in [2.24, 2.45) is 0 Å². The van der Waals surface area contributed by atoms with Gasteiger partial charge in [-0.3, -0.25) is 0 Å². The van der Waals surface area contributed by atoms with E-state index in [4.69, 9.17) is 0 Å². The molecule has 0 atom stereocenters. The number of hydrogen-bond acceptors (Lipinski definition) is 0. The number of hydrogen-bond donors (Lipinski definition) is 0. The minimum Gasteiger partial charge on any atom is -0.234 e. The summed E-state index contributed by atoms with van der Waals surface area (Å²) in [6, 6.07) is 8.84. The lowest BCUT2D eigenvalue weighted by molar-refractivity contribution is -0.694. The molecule has 0 radical (unpaired) electrons. The number of imidazole rings is 1. The van der Waals surface area contributed by atoms with Crippen LogP contribution in [0.4, 0.5) is 0 Å². The van der Waals surface area contributed by atoms with Crippen LogP contribution in [0.5, 0.6) is 0 Å². The van der Waals surface area contributed by atoms with Gasteiger partial charge in [0.2, 0.25) is 0 Å². The summed E-state index contributed by atoms with van der Waals surface area (Å²) in [5.74, 6) is 1.37. The van der Waals surface area contributed by atoms with Crippen LogP contribution in [0.25, 0.3) is 0 Å². The first-order valence-electron chi connectivity index (χ1n) is 12.8. The van der Waals surface area contributed by atoms with E-state index in [1.165, 1.54) is 107 Å². The monoisotopic (exact) mass is 411 g/mol. The van der Waals surface area contributed by atoms with Gasteiger partial charge in [-0.15, -0.1) is 0 Å². The van der Waals surface area contributed by atoms with Gasteiger partial charge in [0, 0.05) is 6.92 Å². The molecule has 0 bridgehead atoms. The summed E-state index contributed by atoms with van der Waals surface area (Å²) in [5, 5.41) is 0. The number of rotatable bonds is 17. The molecule has 1 heterocycles. The van der Waals surface area contributed by atoms with Gasteiger partial charge in [0.15, 0.2) is 0 Å². The van der Waals surface area contributed by atoms with E-state index in [1.807, 2.05) is 0 Å². The summed E-state index contributed by atoms with van der Waals surface area (Å²) < 4.78 is 4.80. The Hall–Kier alpha value is -1.57. The molecule has 0 N–H and O–H groups in total. The second-order valence-electron chi connectivity index (χ2n) is 9.25. The van der Waals surface area contributed by atoms with Gasteiger partial charge in [0.1, 0.15) is 18.9 Å². The molecule has 0 unspecified atom stereocenters. The van der Waals surface area contributed by atoms with Crippen molar-refractivity contribution < 1.29 is 4.57 Å². The predicted molar refractivity (Wildman–Crippen MR) is 130 cm³/mol. The molecule has 1 aromatic carbocycles. The number of nitrogens with zero attached hydrogens (tertiary/aromatic N) is 2. The normalized spacial score (nSPS) is 11.3. The Balaban J connectivity index is 1.48. The van der Waals surface area contributed by atoms with Crippen molar-refractivity contribution in [3.8, 4) is 0 Å². The molecular formula is C28H47N2+. The minimum atomic E-state index is 0.971. The molecule has 168 valence electrons. The summed E-state index contributed by atoms with van der Waals surface area (Å²) >= 11 is 0. The third-order valence-electron chi connectivity index (χ3n) is 6.45. The molecule has 0 saturated heterocycles. The van der Waals surface area contributed by atoms with E-state index in [9.17, 15) is 0 Å². The molecule has 0 fully saturated rings. The van der Waals surface area contributed by atoms with Crippen LogP contribution in [-0.4, -0.2) is 4.57 Å². The zero-order chi connectivity index (χ0) is 21.4. The van der Waals surface area contributed by atoms with E-state index in [2.05, 4.69) is 66.6 Å². The molecule has 2 rings (SSSR count). The van der Waals surface area contributed by atoms with Crippen molar-refractivity contribution in [3.05, 3.63) is 53.6 Å². The smallest absolute Gasteiger partial charge is 0.234 e. The molecule has 0 aliphatic carbocycles. The van der Waals surface area contributed by atoms with Crippen LogP contribution in [-0.2, 0) is 13.1 Å². The highest BCUT2D eigenvalue weighted by molar-refractivity contribution is 5.21. The van der Waals surface area contributed by atoms with E-state index >= 15 is 0 Å². The zero-order valence-electron chi connectivity index (χ0n) is 20.2. The first kappa shape index (κ1) is 24.7. The molecule has 0 spiro atoms. The molecule has 2 nitrogen and oxygen atoms in total. The minimum absolute atomic E-state index is 0.971. The first-order valence-corrected chi connectivity index (χ1v) is 12.8. The fourth-order valence-corrected chi connectivity index (χ4v) is 4.43. The van der Waals surface area contributed by atoms with Crippen molar-refractivity contribution in [2.45, 2.75) is 124 Å². The summed E-state index contributed by atoms with van der Waals surface area (Å²) in [5.41, 5.74) is 2.73. The SMILES string of the molecule is CCCCCCCCCCCCCCCCn1cc[n+](Cc2cccc(C)c2)c1C. The maximum absolute atomic E-state index is 2.43. The van der Waals surface area contributed by atoms with Gasteiger partial charge in [0.05, 0.1) is 6.54 Å². The molecule has 0 aliphatic rings. The van der Waals surface area contributed by atoms with Crippen LogP contribution < -0.4 is 4.57 Å². The molecule has 1 aromatic heterocycles. The van der Waals surface area contributed by atoms with Gasteiger partial charge in [0.25, 0.3) is 5.82 Å². The third-order valence-corrected chi connectivity index (χ3v) is 6.45. The fraction of sp³-hybridized carbons (Fsp3) is 0.679. The van der Waals surface area contributed by atoms with Crippen molar-refractivity contribution in [2.75, 3.05) is 0 Å². The Bertz CT molecular complexity index is 686. The van der Waals surface area contributed by atoms with E-state index in [0.29, 0.717) is 0 Å². The maximum atomic E-state index is 2.43. The number of benzene rings is 1. The average molecular weight is 412 g/mol. The van der Waals surface area contributed by atoms with Crippen molar-refractivity contribution >= 4 is 0 Å². The van der Waals surface area contributed by atoms with Crippen molar-refractivity contribution in [1.29, 1.82) is 0 Å². The number of aromatic nitrogens is 2. The predicted octanol–water partition coefficient (Wildman–Crippen LogP) is 7.92. The Morgan fingerprint density at radius 3 is 1.87 bits per heavy atom. The third kappa shape index (κ3) is 9.96. The molecule has 0 saturated carbocycles. The first-order chi connectivity index (χ1) is 14.7. The summed E-state index contributed by atoms with van der Waals surface area (Å²) in [6.45, 7) is 8.84. The Kier molecular flexibility index (Phi) is 12.6. The van der Waals surface area contributed by atoms with Gasteiger partial charge in [-0.05, 0) is 25.3 Å². The Morgan fingerprint density at radius 1 is 0.733 bits per heavy atom. The van der Waals surface area contributed by atoms with E-state index in [-0.39, 0.29) is 0 Å². The zero-order valence-corrected chi connectivity index (χ0v) is 20.2. The van der Waals surface area contributed by atoms with Crippen LogP contribution in [0.2, 0.25) is 0 Å². The van der Waals surface area contributed by atoms with E-state index < -0.39 is 0 Å². The van der Waals surface area contributed by atoms with Crippen LogP contribution in [0.1, 0.15) is 114 Å². The van der Waals surface area contributed by atoms with Crippen molar-refractivity contribution in [3.63, 3.8) is 0 Å².